The van der Waals surface area contributed by atoms with Crippen LogP contribution in [0.2, 0.25) is 0 Å². The summed E-state index contributed by atoms with van der Waals surface area (Å²) in [4.78, 5) is 26.2. The van der Waals surface area contributed by atoms with Crippen LogP contribution >= 0.6 is 0 Å². The average Bonchev–Trinajstić information content (AvgIpc) is 3.22. The number of aliphatic hydroxyl groups is 4. The SMILES string of the molecule is CC=C(C)C(=O)O[C@H](C)[C@]1(O)CC[C@@]2(O)[C@]1(C)[C@@H](OC(=O)C=Cc1ccccc1)C[C@H]1[C@]2(O)CC=C2C[C@H](O)CC[C@]21C. The molecular weight excluding hydrogens is 548 g/mol. The van der Waals surface area contributed by atoms with Gasteiger partial charge in [0.2, 0.25) is 0 Å². The third-order valence-corrected chi connectivity index (χ3v) is 11.8. The van der Waals surface area contributed by atoms with E-state index >= 15 is 0 Å². The molecule has 8 heteroatoms. The molecule has 5 rings (SSSR count). The van der Waals surface area contributed by atoms with Gasteiger partial charge in [0.1, 0.15) is 29.0 Å². The van der Waals surface area contributed by atoms with E-state index in [1.54, 1.807) is 39.8 Å². The quantitative estimate of drug-likeness (QED) is 0.216. The van der Waals surface area contributed by atoms with Gasteiger partial charge in [-0.2, -0.15) is 0 Å². The molecule has 3 saturated carbocycles. The van der Waals surface area contributed by atoms with Crippen molar-refractivity contribution in [1.82, 2.24) is 0 Å². The monoisotopic (exact) mass is 594 g/mol. The molecule has 9 atom stereocenters. The molecule has 0 radical (unpaired) electrons. The standard InChI is InChI=1S/C35H46O8/c1-6-22(2)30(38)42-23(3)33(39)18-19-35(41)32(33,5)28(43-29(37)13-12-24-10-8-7-9-11-24)21-27-31(4)16-15-26(36)20-25(31)14-17-34(27,35)40/h6-14,23,26-28,36,39-41H,15-21H2,1-5H3/t23-,26-,27-,28+,31-,32-,33-,34-,35-/m1/s1. The Labute approximate surface area is 254 Å². The van der Waals surface area contributed by atoms with Gasteiger partial charge in [-0.1, -0.05) is 61.9 Å². The van der Waals surface area contributed by atoms with E-state index in [2.05, 4.69) is 6.92 Å². The highest BCUT2D eigenvalue weighted by Gasteiger charge is 2.81. The number of carbonyl (C=O) groups is 2. The summed E-state index contributed by atoms with van der Waals surface area (Å²) >= 11 is 0. The van der Waals surface area contributed by atoms with Crippen LogP contribution in [0.15, 0.2) is 59.7 Å². The molecule has 0 spiro atoms. The lowest BCUT2D eigenvalue weighted by molar-refractivity contribution is -0.326. The number of hydrogen-bond donors (Lipinski definition) is 4. The average molecular weight is 595 g/mol. The van der Waals surface area contributed by atoms with E-state index in [0.29, 0.717) is 24.8 Å². The van der Waals surface area contributed by atoms with Crippen LogP contribution in [0.25, 0.3) is 6.08 Å². The first kappa shape index (κ1) is 31.6. The number of allylic oxidation sites excluding steroid dienone is 1. The second kappa shape index (κ2) is 11.0. The first-order chi connectivity index (χ1) is 20.2. The summed E-state index contributed by atoms with van der Waals surface area (Å²) in [6.45, 7) is 8.65. The molecule has 8 nitrogen and oxygen atoms in total. The number of carbonyl (C=O) groups excluding carboxylic acids is 2. The fraction of sp³-hybridized carbons (Fsp3) is 0.600. The largest absolute Gasteiger partial charge is 0.458 e. The summed E-state index contributed by atoms with van der Waals surface area (Å²) in [6.07, 6.45) is 6.00. The molecule has 234 valence electrons. The zero-order valence-electron chi connectivity index (χ0n) is 25.9. The molecule has 0 amide bonds. The number of fused-ring (bicyclic) bond motifs is 5. The highest BCUT2D eigenvalue weighted by Crippen LogP contribution is 2.71. The predicted octanol–water partition coefficient (Wildman–Crippen LogP) is 4.40. The zero-order valence-corrected chi connectivity index (χ0v) is 25.9. The van der Waals surface area contributed by atoms with E-state index in [-0.39, 0.29) is 25.7 Å². The van der Waals surface area contributed by atoms with Crippen LogP contribution in [0.1, 0.15) is 85.1 Å². The van der Waals surface area contributed by atoms with Crippen LogP contribution in [0, 0.1) is 16.7 Å². The Morgan fingerprint density at radius 3 is 2.44 bits per heavy atom. The molecule has 0 bridgehead atoms. The maximum Gasteiger partial charge on any atom is 0.333 e. The maximum atomic E-state index is 13.4. The van der Waals surface area contributed by atoms with Crippen molar-refractivity contribution < 1.29 is 39.5 Å². The predicted molar refractivity (Wildman–Crippen MR) is 161 cm³/mol. The first-order valence-corrected chi connectivity index (χ1v) is 15.5. The van der Waals surface area contributed by atoms with E-state index in [1.165, 1.54) is 6.08 Å². The van der Waals surface area contributed by atoms with Crippen molar-refractivity contribution in [1.29, 1.82) is 0 Å². The fourth-order valence-electron chi connectivity index (χ4n) is 8.87. The minimum atomic E-state index is -1.89. The lowest BCUT2D eigenvalue weighted by atomic mass is 9.42. The molecule has 1 aromatic rings. The number of esters is 2. The molecule has 0 heterocycles. The van der Waals surface area contributed by atoms with Gasteiger partial charge in [0.05, 0.1) is 11.5 Å². The third kappa shape index (κ3) is 4.64. The van der Waals surface area contributed by atoms with Crippen molar-refractivity contribution in [2.24, 2.45) is 16.7 Å². The van der Waals surface area contributed by atoms with Gasteiger partial charge in [-0.3, -0.25) is 0 Å². The Hall–Kier alpha value is -2.78. The summed E-state index contributed by atoms with van der Waals surface area (Å²) in [5.74, 6) is -1.73. The van der Waals surface area contributed by atoms with Crippen molar-refractivity contribution in [2.45, 2.75) is 115 Å². The van der Waals surface area contributed by atoms with Crippen LogP contribution < -0.4 is 0 Å². The molecule has 0 aliphatic heterocycles. The van der Waals surface area contributed by atoms with Crippen LogP contribution in [-0.2, 0) is 19.1 Å². The number of benzene rings is 1. The van der Waals surface area contributed by atoms with Gasteiger partial charge in [0, 0.05) is 17.6 Å². The second-order valence-electron chi connectivity index (χ2n) is 13.6. The fourth-order valence-corrected chi connectivity index (χ4v) is 8.87. The molecule has 4 aliphatic rings. The summed E-state index contributed by atoms with van der Waals surface area (Å²) < 4.78 is 11.9. The van der Waals surface area contributed by atoms with Crippen molar-refractivity contribution in [3.63, 3.8) is 0 Å². The van der Waals surface area contributed by atoms with Crippen molar-refractivity contribution in [3.05, 3.63) is 65.3 Å². The van der Waals surface area contributed by atoms with E-state index in [9.17, 15) is 30.0 Å². The topological polar surface area (TPSA) is 134 Å². The number of rotatable bonds is 6. The molecule has 0 aromatic heterocycles. The van der Waals surface area contributed by atoms with E-state index < -0.39 is 63.8 Å². The molecule has 0 saturated heterocycles. The van der Waals surface area contributed by atoms with Gasteiger partial charge in [0.15, 0.2) is 0 Å². The van der Waals surface area contributed by atoms with Gasteiger partial charge in [-0.15, -0.1) is 0 Å². The molecule has 3 fully saturated rings. The van der Waals surface area contributed by atoms with E-state index in [4.69, 9.17) is 9.47 Å². The number of ether oxygens (including phenoxy) is 2. The van der Waals surface area contributed by atoms with Gasteiger partial charge >= 0.3 is 11.9 Å². The smallest absolute Gasteiger partial charge is 0.333 e. The Balaban J connectivity index is 1.58. The van der Waals surface area contributed by atoms with Crippen molar-refractivity contribution in [3.8, 4) is 0 Å². The van der Waals surface area contributed by atoms with Crippen LogP contribution in [0.5, 0.6) is 0 Å². The normalized spacial score (nSPS) is 41.5. The molecule has 4 N–H and O–H groups in total. The minimum absolute atomic E-state index is 0.0211. The Kier molecular flexibility index (Phi) is 8.08. The van der Waals surface area contributed by atoms with Gasteiger partial charge < -0.3 is 29.9 Å². The Morgan fingerprint density at radius 1 is 1.07 bits per heavy atom. The molecule has 1 aromatic carbocycles. The Morgan fingerprint density at radius 2 is 1.77 bits per heavy atom. The van der Waals surface area contributed by atoms with Crippen LogP contribution in [-0.4, -0.2) is 67.5 Å². The summed E-state index contributed by atoms with van der Waals surface area (Å²) in [5.41, 5.74) is -5.28. The molecule has 43 heavy (non-hydrogen) atoms. The molecular formula is C35H46O8. The molecule has 4 aliphatic carbocycles. The van der Waals surface area contributed by atoms with Crippen molar-refractivity contribution in [2.75, 3.05) is 0 Å². The van der Waals surface area contributed by atoms with Gasteiger partial charge in [0.25, 0.3) is 0 Å². The third-order valence-electron chi connectivity index (χ3n) is 11.8. The highest BCUT2D eigenvalue weighted by molar-refractivity contribution is 5.88. The molecule has 0 unspecified atom stereocenters. The van der Waals surface area contributed by atoms with E-state index in [0.717, 1.165) is 11.1 Å². The lowest BCUT2D eigenvalue weighted by Crippen LogP contribution is -2.78. The van der Waals surface area contributed by atoms with E-state index in [1.807, 2.05) is 36.4 Å². The van der Waals surface area contributed by atoms with Gasteiger partial charge in [-0.25, -0.2) is 9.59 Å². The number of hydrogen-bond acceptors (Lipinski definition) is 8. The maximum absolute atomic E-state index is 13.4. The summed E-state index contributed by atoms with van der Waals surface area (Å²) in [6, 6.07) is 9.32. The number of aliphatic hydroxyl groups excluding tert-OH is 1. The lowest BCUT2D eigenvalue weighted by Gasteiger charge is -2.67. The van der Waals surface area contributed by atoms with Crippen LogP contribution in [0.4, 0.5) is 0 Å². The second-order valence-corrected chi connectivity index (χ2v) is 13.6. The zero-order chi connectivity index (χ0) is 31.4. The summed E-state index contributed by atoms with van der Waals surface area (Å²) in [5, 5.41) is 48.4. The van der Waals surface area contributed by atoms with Gasteiger partial charge in [-0.05, 0) is 82.8 Å². The van der Waals surface area contributed by atoms with Crippen molar-refractivity contribution >= 4 is 18.0 Å². The minimum Gasteiger partial charge on any atom is -0.458 e. The summed E-state index contributed by atoms with van der Waals surface area (Å²) in [7, 11) is 0. The van der Waals surface area contributed by atoms with Crippen LogP contribution in [0.3, 0.4) is 0 Å². The first-order valence-electron chi connectivity index (χ1n) is 15.5. The highest BCUT2D eigenvalue weighted by atomic mass is 16.6. The Bertz CT molecular complexity index is 1350.